The van der Waals surface area contributed by atoms with Gasteiger partial charge in [0, 0.05) is 29.8 Å². The molecule has 0 spiro atoms. The van der Waals surface area contributed by atoms with Crippen LogP contribution in [0.15, 0.2) is 42.0 Å². The summed E-state index contributed by atoms with van der Waals surface area (Å²) >= 11 is 0. The number of imide groups is 1. The number of piperidine rings is 1. The summed E-state index contributed by atoms with van der Waals surface area (Å²) < 4.78 is 26.7. The average Bonchev–Trinajstić information content (AvgIpc) is 2.87. The zero-order valence-corrected chi connectivity index (χ0v) is 20.0. The predicted molar refractivity (Wildman–Crippen MR) is 129 cm³/mol. The summed E-state index contributed by atoms with van der Waals surface area (Å²) in [5, 5.41) is 0. The molecule has 0 atom stereocenters. The first-order chi connectivity index (χ1) is 16.4. The second kappa shape index (κ2) is 11.3. The van der Waals surface area contributed by atoms with Crippen molar-refractivity contribution in [2.75, 3.05) is 42.1 Å². The summed E-state index contributed by atoms with van der Waals surface area (Å²) in [6.45, 7) is 0.356. The molecule has 2 aromatic carbocycles. The Hall–Kier alpha value is -3.94. The van der Waals surface area contributed by atoms with E-state index >= 15 is 0 Å². The highest BCUT2D eigenvalue weighted by Gasteiger charge is 2.27. The Labute approximate surface area is 199 Å². The van der Waals surface area contributed by atoms with E-state index in [0.29, 0.717) is 64.8 Å². The van der Waals surface area contributed by atoms with Gasteiger partial charge in [-0.2, -0.15) is 0 Å². The molecule has 0 radical (unpaired) electrons. The lowest BCUT2D eigenvalue weighted by Gasteiger charge is -2.26. The molecule has 1 heterocycles. The molecular formula is C26H29NO7. The van der Waals surface area contributed by atoms with Crippen LogP contribution in [-0.2, 0) is 9.59 Å². The molecule has 1 fully saturated rings. The average molecular weight is 468 g/mol. The van der Waals surface area contributed by atoms with Gasteiger partial charge >= 0.3 is 0 Å². The number of amides is 2. The van der Waals surface area contributed by atoms with Gasteiger partial charge in [0.2, 0.25) is 5.75 Å². The Morgan fingerprint density at radius 3 is 2.15 bits per heavy atom. The third-order valence-electron chi connectivity index (χ3n) is 5.49. The molecule has 1 saturated heterocycles. The van der Waals surface area contributed by atoms with E-state index < -0.39 is 5.91 Å². The van der Waals surface area contributed by atoms with Crippen molar-refractivity contribution in [1.29, 1.82) is 0 Å². The monoisotopic (exact) mass is 467 g/mol. The van der Waals surface area contributed by atoms with Crippen LogP contribution in [0.2, 0.25) is 0 Å². The highest BCUT2D eigenvalue weighted by Crippen LogP contribution is 2.39. The number of rotatable bonds is 8. The standard InChI is InChI=1S/C26H29NO7/c1-30-20-10-8-18(21(16-20)31-2)9-11-24(28)27-12-6-7-19(26(27)29)13-17-14-22(32-3)25(34-5)23(15-17)33-4/h8-11,13-16H,6-7,12H2,1-5H3/b11-9+,19-13+. The molecule has 0 saturated carbocycles. The quantitative estimate of drug-likeness (QED) is 0.543. The summed E-state index contributed by atoms with van der Waals surface area (Å²) in [7, 11) is 7.71. The molecule has 8 nitrogen and oxygen atoms in total. The molecule has 0 unspecified atom stereocenters. The molecule has 0 aromatic heterocycles. The number of carbonyl (C=O) groups excluding carboxylic acids is 2. The van der Waals surface area contributed by atoms with Crippen LogP contribution >= 0.6 is 0 Å². The summed E-state index contributed by atoms with van der Waals surface area (Å²) in [6.07, 6.45) is 6.00. The van der Waals surface area contributed by atoms with Gasteiger partial charge in [0.1, 0.15) is 11.5 Å². The molecule has 2 amide bonds. The van der Waals surface area contributed by atoms with Crippen molar-refractivity contribution in [1.82, 2.24) is 4.90 Å². The topological polar surface area (TPSA) is 83.5 Å². The number of hydrogen-bond donors (Lipinski definition) is 0. The third kappa shape index (κ3) is 5.33. The zero-order valence-electron chi connectivity index (χ0n) is 20.0. The van der Waals surface area contributed by atoms with E-state index in [1.807, 2.05) is 0 Å². The Balaban J connectivity index is 1.83. The van der Waals surface area contributed by atoms with E-state index in [4.69, 9.17) is 23.7 Å². The molecule has 0 N–H and O–H groups in total. The van der Waals surface area contributed by atoms with Crippen LogP contribution in [0.4, 0.5) is 0 Å². The Kier molecular flexibility index (Phi) is 8.19. The number of hydrogen-bond acceptors (Lipinski definition) is 7. The van der Waals surface area contributed by atoms with Crippen molar-refractivity contribution in [3.05, 3.63) is 53.1 Å². The summed E-state index contributed by atoms with van der Waals surface area (Å²) in [5.74, 6) is 1.94. The van der Waals surface area contributed by atoms with E-state index in [2.05, 4.69) is 0 Å². The van der Waals surface area contributed by atoms with E-state index in [1.54, 1.807) is 56.7 Å². The third-order valence-corrected chi connectivity index (χ3v) is 5.49. The molecule has 3 rings (SSSR count). The van der Waals surface area contributed by atoms with Crippen LogP contribution in [0.1, 0.15) is 24.0 Å². The molecule has 8 heteroatoms. The normalized spacial score (nSPS) is 14.9. The first-order valence-corrected chi connectivity index (χ1v) is 10.7. The first-order valence-electron chi connectivity index (χ1n) is 10.7. The molecule has 34 heavy (non-hydrogen) atoms. The van der Waals surface area contributed by atoms with E-state index in [-0.39, 0.29) is 5.91 Å². The zero-order chi connectivity index (χ0) is 24.7. The van der Waals surface area contributed by atoms with E-state index in [9.17, 15) is 9.59 Å². The van der Waals surface area contributed by atoms with Crippen LogP contribution in [0, 0.1) is 0 Å². The van der Waals surface area contributed by atoms with Gasteiger partial charge in [0.15, 0.2) is 11.5 Å². The fourth-order valence-corrected chi connectivity index (χ4v) is 3.75. The number of likely N-dealkylation sites (tertiary alicyclic amines) is 1. The van der Waals surface area contributed by atoms with Crippen molar-refractivity contribution < 1.29 is 33.3 Å². The number of ether oxygens (including phenoxy) is 5. The molecule has 1 aliphatic heterocycles. The lowest BCUT2D eigenvalue weighted by atomic mass is 10.00. The molecule has 2 aromatic rings. The number of nitrogens with zero attached hydrogens (tertiary/aromatic N) is 1. The van der Waals surface area contributed by atoms with Crippen molar-refractivity contribution in [3.8, 4) is 28.7 Å². The summed E-state index contributed by atoms with van der Waals surface area (Å²) in [5.41, 5.74) is 1.95. The minimum absolute atomic E-state index is 0.323. The van der Waals surface area contributed by atoms with Gasteiger partial charge in [-0.25, -0.2) is 0 Å². The van der Waals surface area contributed by atoms with Crippen molar-refractivity contribution >= 4 is 24.0 Å². The molecular weight excluding hydrogens is 438 g/mol. The predicted octanol–water partition coefficient (Wildman–Crippen LogP) is 3.98. The van der Waals surface area contributed by atoms with Crippen molar-refractivity contribution in [2.45, 2.75) is 12.8 Å². The van der Waals surface area contributed by atoms with Crippen LogP contribution < -0.4 is 23.7 Å². The number of carbonyl (C=O) groups is 2. The Morgan fingerprint density at radius 1 is 0.882 bits per heavy atom. The fourth-order valence-electron chi connectivity index (χ4n) is 3.75. The van der Waals surface area contributed by atoms with Gasteiger partial charge in [0.05, 0.1) is 35.5 Å². The minimum atomic E-state index is -0.390. The smallest absolute Gasteiger partial charge is 0.256 e. The Morgan fingerprint density at radius 2 is 1.56 bits per heavy atom. The van der Waals surface area contributed by atoms with E-state index in [0.717, 1.165) is 0 Å². The largest absolute Gasteiger partial charge is 0.497 e. The minimum Gasteiger partial charge on any atom is -0.497 e. The van der Waals surface area contributed by atoms with Gasteiger partial charge in [-0.3, -0.25) is 14.5 Å². The maximum absolute atomic E-state index is 13.1. The van der Waals surface area contributed by atoms with Gasteiger partial charge in [0.25, 0.3) is 11.8 Å². The van der Waals surface area contributed by atoms with Gasteiger partial charge in [-0.1, -0.05) is 0 Å². The maximum atomic E-state index is 13.1. The summed E-state index contributed by atoms with van der Waals surface area (Å²) in [4.78, 5) is 27.2. The molecule has 0 bridgehead atoms. The first kappa shape index (κ1) is 24.7. The van der Waals surface area contributed by atoms with E-state index in [1.165, 1.54) is 32.3 Å². The number of methoxy groups -OCH3 is 5. The highest BCUT2D eigenvalue weighted by atomic mass is 16.5. The van der Waals surface area contributed by atoms with Crippen LogP contribution in [-0.4, -0.2) is 58.8 Å². The van der Waals surface area contributed by atoms with Crippen molar-refractivity contribution in [3.63, 3.8) is 0 Å². The lowest BCUT2D eigenvalue weighted by Crippen LogP contribution is -2.40. The van der Waals surface area contributed by atoms with Gasteiger partial charge in [-0.15, -0.1) is 0 Å². The number of benzene rings is 2. The highest BCUT2D eigenvalue weighted by molar-refractivity contribution is 6.11. The maximum Gasteiger partial charge on any atom is 0.256 e. The second-order valence-electron chi connectivity index (χ2n) is 7.47. The molecule has 180 valence electrons. The fraction of sp³-hybridized carbons (Fsp3) is 0.308. The second-order valence-corrected chi connectivity index (χ2v) is 7.47. The SMILES string of the molecule is COc1ccc(/C=C/C(=O)N2CCC/C(=C\c3cc(OC)c(OC)c(OC)c3)C2=O)c(OC)c1. The van der Waals surface area contributed by atoms with Crippen LogP contribution in [0.3, 0.4) is 0 Å². The van der Waals surface area contributed by atoms with Crippen molar-refractivity contribution in [2.24, 2.45) is 0 Å². The van der Waals surface area contributed by atoms with Crippen LogP contribution in [0.5, 0.6) is 28.7 Å². The Bertz CT molecular complexity index is 1100. The summed E-state index contributed by atoms with van der Waals surface area (Å²) in [6, 6.07) is 8.82. The van der Waals surface area contributed by atoms with Gasteiger partial charge < -0.3 is 23.7 Å². The molecule has 1 aliphatic rings. The molecule has 0 aliphatic carbocycles. The van der Waals surface area contributed by atoms with Gasteiger partial charge in [-0.05, 0) is 54.8 Å². The van der Waals surface area contributed by atoms with Crippen LogP contribution in [0.25, 0.3) is 12.2 Å². The lowest BCUT2D eigenvalue weighted by molar-refractivity contribution is -0.140.